The maximum absolute atomic E-state index is 11.0. The largest absolute Gasteiger partial charge is 0.480 e. The molecular formula is C12H22ClN3O2. The molecule has 3 N–H and O–H groups in total. The van der Waals surface area contributed by atoms with Crippen LogP contribution in [0.1, 0.15) is 26.2 Å². The highest BCUT2D eigenvalue weighted by Crippen LogP contribution is 2.24. The van der Waals surface area contributed by atoms with E-state index in [2.05, 4.69) is 28.8 Å². The van der Waals surface area contributed by atoms with Crippen molar-refractivity contribution >= 4 is 18.4 Å². The minimum absolute atomic E-state index is 0. The third-order valence-electron chi connectivity index (χ3n) is 3.59. The second-order valence-electron chi connectivity index (χ2n) is 4.63. The number of likely N-dealkylation sites (N-methyl/N-ethyl adjacent to an activating group) is 1. The van der Waals surface area contributed by atoms with Crippen molar-refractivity contribution < 1.29 is 9.90 Å². The molecule has 0 bridgehead atoms. The Balaban J connectivity index is 0.00000162. The van der Waals surface area contributed by atoms with E-state index in [0.717, 1.165) is 32.5 Å². The van der Waals surface area contributed by atoms with Gasteiger partial charge in [0.25, 0.3) is 0 Å². The molecule has 0 aromatic heterocycles. The van der Waals surface area contributed by atoms with Gasteiger partial charge in [-0.2, -0.15) is 0 Å². The Hall–Kier alpha value is -0.620. The molecule has 0 amide bonds. The van der Waals surface area contributed by atoms with E-state index >= 15 is 0 Å². The van der Waals surface area contributed by atoms with Crippen LogP contribution in [0.3, 0.4) is 0 Å². The molecule has 0 radical (unpaired) electrons. The summed E-state index contributed by atoms with van der Waals surface area (Å²) in [5.41, 5.74) is 4.57. The summed E-state index contributed by atoms with van der Waals surface area (Å²) in [7, 11) is 0. The molecule has 1 fully saturated rings. The van der Waals surface area contributed by atoms with Gasteiger partial charge in [-0.25, -0.2) is 10.4 Å². The fraction of sp³-hybridized carbons (Fsp3) is 0.750. The highest BCUT2D eigenvalue weighted by Gasteiger charge is 2.32. The molecule has 0 spiro atoms. The number of carboxylic acid groups (broad SMARTS) is 1. The summed E-state index contributed by atoms with van der Waals surface area (Å²) in [6.45, 7) is 4.86. The minimum Gasteiger partial charge on any atom is -0.480 e. The quantitative estimate of drug-likeness (QED) is 0.664. The smallest absolute Gasteiger partial charge is 0.322 e. The molecule has 0 saturated carbocycles. The topological polar surface area (TPSA) is 64.6 Å². The average molecular weight is 276 g/mol. The summed E-state index contributed by atoms with van der Waals surface area (Å²) in [5.74, 6) is -0.749. The molecule has 5 nitrogen and oxygen atoms in total. The van der Waals surface area contributed by atoms with Crippen molar-refractivity contribution in [1.82, 2.24) is 15.8 Å². The first kappa shape index (κ1) is 15.4. The van der Waals surface area contributed by atoms with Gasteiger partial charge >= 0.3 is 5.97 Å². The van der Waals surface area contributed by atoms with Gasteiger partial charge in [0.05, 0.1) is 0 Å². The van der Waals surface area contributed by atoms with Gasteiger partial charge in [0, 0.05) is 19.1 Å². The third kappa shape index (κ3) is 3.45. The number of carbonyl (C=O) groups is 1. The maximum atomic E-state index is 11.0. The van der Waals surface area contributed by atoms with Crippen molar-refractivity contribution in [3.8, 4) is 0 Å². The molecule has 6 heteroatoms. The lowest BCUT2D eigenvalue weighted by atomic mass is 9.93. The number of nitrogens with one attached hydrogen (secondary N) is 2. The first-order chi connectivity index (χ1) is 8.22. The number of rotatable bonds is 3. The monoisotopic (exact) mass is 275 g/mol. The Bertz CT molecular complexity index is 322. The van der Waals surface area contributed by atoms with Crippen LogP contribution in [0.2, 0.25) is 0 Å². The lowest BCUT2D eigenvalue weighted by Crippen LogP contribution is -2.57. The van der Waals surface area contributed by atoms with E-state index < -0.39 is 12.0 Å². The molecule has 2 rings (SSSR count). The van der Waals surface area contributed by atoms with Crippen molar-refractivity contribution in [2.75, 3.05) is 19.6 Å². The molecular weight excluding hydrogens is 254 g/mol. The summed E-state index contributed by atoms with van der Waals surface area (Å²) >= 11 is 0. The van der Waals surface area contributed by atoms with Crippen LogP contribution in [0, 0.1) is 0 Å². The Kier molecular flexibility index (Phi) is 6.08. The van der Waals surface area contributed by atoms with Crippen LogP contribution < -0.4 is 10.7 Å². The van der Waals surface area contributed by atoms with E-state index in [-0.39, 0.29) is 12.4 Å². The van der Waals surface area contributed by atoms with Crippen molar-refractivity contribution in [3.63, 3.8) is 0 Å². The van der Waals surface area contributed by atoms with Gasteiger partial charge in [-0.1, -0.05) is 18.6 Å². The van der Waals surface area contributed by atoms with E-state index in [4.69, 9.17) is 5.11 Å². The summed E-state index contributed by atoms with van der Waals surface area (Å²) in [6, 6.07) is -0.0498. The fourth-order valence-corrected chi connectivity index (χ4v) is 2.65. The van der Waals surface area contributed by atoms with Gasteiger partial charge in [0.15, 0.2) is 0 Å². The van der Waals surface area contributed by atoms with Gasteiger partial charge in [-0.05, 0) is 25.8 Å². The summed E-state index contributed by atoms with van der Waals surface area (Å²) in [4.78, 5) is 11.0. The number of hydrogen-bond donors (Lipinski definition) is 3. The zero-order valence-corrected chi connectivity index (χ0v) is 11.5. The van der Waals surface area contributed by atoms with E-state index in [0.29, 0.717) is 12.5 Å². The summed E-state index contributed by atoms with van der Waals surface area (Å²) < 4.78 is 0. The first-order valence-corrected chi connectivity index (χ1v) is 6.37. The predicted molar refractivity (Wildman–Crippen MR) is 72.8 cm³/mol. The predicted octanol–water partition coefficient (Wildman–Crippen LogP) is 0.770. The van der Waals surface area contributed by atoms with Gasteiger partial charge in [0.1, 0.15) is 6.04 Å². The Morgan fingerprint density at radius 3 is 2.89 bits per heavy atom. The summed E-state index contributed by atoms with van der Waals surface area (Å²) in [6.07, 6.45) is 4.96. The zero-order chi connectivity index (χ0) is 12.3. The second-order valence-corrected chi connectivity index (χ2v) is 4.63. The minimum atomic E-state index is -0.749. The van der Waals surface area contributed by atoms with Crippen molar-refractivity contribution in [2.24, 2.45) is 0 Å². The van der Waals surface area contributed by atoms with E-state index in [9.17, 15) is 4.79 Å². The third-order valence-corrected chi connectivity index (χ3v) is 3.59. The van der Waals surface area contributed by atoms with E-state index in [1.165, 1.54) is 5.57 Å². The van der Waals surface area contributed by atoms with Crippen LogP contribution in [0.25, 0.3) is 0 Å². The highest BCUT2D eigenvalue weighted by atomic mass is 35.5. The molecule has 104 valence electrons. The highest BCUT2D eigenvalue weighted by molar-refractivity contribution is 5.85. The van der Waals surface area contributed by atoms with Crippen LogP contribution in [0.4, 0.5) is 0 Å². The molecule has 2 unspecified atom stereocenters. The van der Waals surface area contributed by atoms with Gasteiger partial charge in [-0.3, -0.25) is 4.79 Å². The second kappa shape index (κ2) is 7.09. The maximum Gasteiger partial charge on any atom is 0.322 e. The molecule has 2 heterocycles. The van der Waals surface area contributed by atoms with Crippen molar-refractivity contribution in [1.29, 1.82) is 0 Å². The van der Waals surface area contributed by atoms with Crippen LogP contribution >= 0.6 is 12.4 Å². The van der Waals surface area contributed by atoms with Crippen molar-refractivity contribution in [3.05, 3.63) is 11.6 Å². The zero-order valence-electron chi connectivity index (χ0n) is 10.7. The molecule has 18 heavy (non-hydrogen) atoms. The van der Waals surface area contributed by atoms with Crippen molar-refractivity contribution in [2.45, 2.75) is 38.3 Å². The van der Waals surface area contributed by atoms with Crippen LogP contribution in [0.15, 0.2) is 11.6 Å². The van der Waals surface area contributed by atoms with Crippen LogP contribution in [0.5, 0.6) is 0 Å². The SMILES string of the molecule is CCN1NC(C(=O)O)CCC1C1=CCNCC1.Cl. The standard InChI is InChI=1S/C12H21N3O2.ClH/c1-2-15-11(9-5-7-13-8-6-9)4-3-10(14-15)12(16)17;/h5,10-11,13-14H,2-4,6-8H2,1H3,(H,16,17);1H. The molecule has 1 saturated heterocycles. The number of aliphatic carboxylic acids is 1. The number of carboxylic acids is 1. The number of halogens is 1. The normalized spacial score (nSPS) is 29.3. The average Bonchev–Trinajstić information content (AvgIpc) is 2.39. The van der Waals surface area contributed by atoms with Crippen LogP contribution in [-0.2, 0) is 4.79 Å². The number of hydrogen-bond acceptors (Lipinski definition) is 4. The molecule has 0 aromatic rings. The molecule has 0 aliphatic carbocycles. The Labute approximate surface area is 114 Å². The number of hydrazine groups is 1. The molecule has 0 aromatic carbocycles. The lowest BCUT2D eigenvalue weighted by molar-refractivity contribution is -0.143. The first-order valence-electron chi connectivity index (χ1n) is 6.37. The molecule has 2 aliphatic rings. The van der Waals surface area contributed by atoms with Crippen LogP contribution in [-0.4, -0.2) is 47.8 Å². The fourth-order valence-electron chi connectivity index (χ4n) is 2.65. The van der Waals surface area contributed by atoms with E-state index in [1.807, 2.05) is 0 Å². The van der Waals surface area contributed by atoms with Gasteiger partial charge in [0.2, 0.25) is 0 Å². The van der Waals surface area contributed by atoms with Gasteiger partial charge < -0.3 is 10.4 Å². The summed E-state index contributed by atoms with van der Waals surface area (Å²) in [5, 5.41) is 14.4. The van der Waals surface area contributed by atoms with E-state index in [1.54, 1.807) is 0 Å². The van der Waals surface area contributed by atoms with Gasteiger partial charge in [-0.15, -0.1) is 12.4 Å². The number of nitrogens with zero attached hydrogens (tertiary/aromatic N) is 1. The lowest BCUT2D eigenvalue weighted by Gasteiger charge is -2.40. The Morgan fingerprint density at radius 1 is 1.56 bits per heavy atom. The molecule has 2 atom stereocenters. The Morgan fingerprint density at radius 2 is 2.33 bits per heavy atom. The molecule has 2 aliphatic heterocycles.